The number of hydrogen-bond acceptors (Lipinski definition) is 5. The van der Waals surface area contributed by atoms with Crippen molar-refractivity contribution in [3.05, 3.63) is 5.82 Å². The molecule has 0 fully saturated rings. The third-order valence-corrected chi connectivity index (χ3v) is 2.16. The first-order valence-corrected chi connectivity index (χ1v) is 5.53. The summed E-state index contributed by atoms with van der Waals surface area (Å²) in [6.07, 6.45) is 1.96. The van der Waals surface area contributed by atoms with Crippen LogP contribution >= 0.6 is 11.5 Å². The highest BCUT2D eigenvalue weighted by molar-refractivity contribution is 7.07. The molecule has 1 aromatic rings. The highest BCUT2D eigenvalue weighted by atomic mass is 32.1. The summed E-state index contributed by atoms with van der Waals surface area (Å²) >= 11 is 1.29. The number of rotatable bonds is 5. The van der Waals surface area contributed by atoms with E-state index in [0.29, 0.717) is 11.8 Å². The third-order valence-electron chi connectivity index (χ3n) is 1.49. The van der Waals surface area contributed by atoms with Crippen LogP contribution < -0.4 is 10.5 Å². The Labute approximate surface area is 88.7 Å². The van der Waals surface area contributed by atoms with Crippen molar-refractivity contribution in [2.75, 3.05) is 6.61 Å². The highest BCUT2D eigenvalue weighted by Gasteiger charge is 2.13. The minimum Gasteiger partial charge on any atom is -0.467 e. The van der Waals surface area contributed by atoms with Crippen molar-refractivity contribution in [1.82, 2.24) is 9.36 Å². The molecule has 0 spiro atoms. The summed E-state index contributed by atoms with van der Waals surface area (Å²) in [4.78, 5) is 4.23. The molecular formula is C9H17N3OS. The Morgan fingerprint density at radius 2 is 2.21 bits per heavy atom. The standard InChI is InChI=1S/C9H17N3OS/c1-4-5-7-11-8(14-12-7)13-6-9(2,3)10/h4-6,10H2,1-3H3. The minimum atomic E-state index is -0.323. The van der Waals surface area contributed by atoms with Gasteiger partial charge in [0.25, 0.3) is 5.19 Å². The summed E-state index contributed by atoms with van der Waals surface area (Å²) in [6, 6.07) is 0. The van der Waals surface area contributed by atoms with Gasteiger partial charge in [-0.15, -0.1) is 0 Å². The van der Waals surface area contributed by atoms with E-state index in [-0.39, 0.29) is 5.54 Å². The van der Waals surface area contributed by atoms with Gasteiger partial charge >= 0.3 is 0 Å². The minimum absolute atomic E-state index is 0.323. The van der Waals surface area contributed by atoms with Gasteiger partial charge in [0.1, 0.15) is 12.4 Å². The van der Waals surface area contributed by atoms with Gasteiger partial charge in [0.2, 0.25) is 0 Å². The maximum atomic E-state index is 5.78. The molecule has 80 valence electrons. The van der Waals surface area contributed by atoms with Gasteiger partial charge in [-0.1, -0.05) is 6.92 Å². The molecule has 4 nitrogen and oxygen atoms in total. The lowest BCUT2D eigenvalue weighted by Crippen LogP contribution is -2.38. The van der Waals surface area contributed by atoms with Gasteiger partial charge in [-0.3, -0.25) is 0 Å². The smallest absolute Gasteiger partial charge is 0.293 e. The third kappa shape index (κ3) is 4.02. The zero-order valence-electron chi connectivity index (χ0n) is 8.91. The molecule has 0 unspecified atom stereocenters. The first-order valence-electron chi connectivity index (χ1n) is 4.75. The fourth-order valence-electron chi connectivity index (χ4n) is 0.869. The molecule has 0 bridgehead atoms. The zero-order valence-corrected chi connectivity index (χ0v) is 9.73. The monoisotopic (exact) mass is 215 g/mol. The van der Waals surface area contributed by atoms with Gasteiger partial charge in [0.05, 0.1) is 0 Å². The van der Waals surface area contributed by atoms with E-state index in [2.05, 4.69) is 16.3 Å². The van der Waals surface area contributed by atoms with E-state index in [1.165, 1.54) is 11.5 Å². The molecule has 5 heteroatoms. The van der Waals surface area contributed by atoms with Gasteiger partial charge in [0.15, 0.2) is 0 Å². The van der Waals surface area contributed by atoms with E-state index < -0.39 is 0 Å². The Balaban J connectivity index is 2.44. The van der Waals surface area contributed by atoms with Crippen LogP contribution in [0.25, 0.3) is 0 Å². The van der Waals surface area contributed by atoms with E-state index >= 15 is 0 Å². The Bertz CT molecular complexity index is 280. The molecule has 1 heterocycles. The van der Waals surface area contributed by atoms with Gasteiger partial charge in [-0.05, 0) is 20.3 Å². The van der Waals surface area contributed by atoms with Crippen LogP contribution in [0, 0.1) is 0 Å². The predicted molar refractivity (Wildman–Crippen MR) is 57.7 cm³/mol. The van der Waals surface area contributed by atoms with Crippen molar-refractivity contribution in [1.29, 1.82) is 0 Å². The quantitative estimate of drug-likeness (QED) is 0.810. The van der Waals surface area contributed by atoms with Crippen LogP contribution in [-0.4, -0.2) is 21.5 Å². The molecule has 0 aliphatic carbocycles. The van der Waals surface area contributed by atoms with Crippen LogP contribution in [0.15, 0.2) is 0 Å². The van der Waals surface area contributed by atoms with Crippen molar-refractivity contribution in [3.8, 4) is 5.19 Å². The molecule has 0 atom stereocenters. The molecule has 0 saturated heterocycles. The zero-order chi connectivity index (χ0) is 10.6. The molecular weight excluding hydrogens is 198 g/mol. The fourth-order valence-corrected chi connectivity index (χ4v) is 1.44. The SMILES string of the molecule is CCCc1nsc(OCC(C)(C)N)n1. The van der Waals surface area contributed by atoms with Crippen LogP contribution in [0.2, 0.25) is 0 Å². The molecule has 0 radical (unpaired) electrons. The number of nitrogens with zero attached hydrogens (tertiary/aromatic N) is 2. The van der Waals surface area contributed by atoms with E-state index in [9.17, 15) is 0 Å². The molecule has 14 heavy (non-hydrogen) atoms. The van der Waals surface area contributed by atoms with E-state index in [1.807, 2.05) is 13.8 Å². The first-order chi connectivity index (χ1) is 6.51. The summed E-state index contributed by atoms with van der Waals surface area (Å²) in [5.41, 5.74) is 5.46. The van der Waals surface area contributed by atoms with E-state index in [1.54, 1.807) is 0 Å². The van der Waals surface area contributed by atoms with Crippen LogP contribution in [-0.2, 0) is 6.42 Å². The van der Waals surface area contributed by atoms with Crippen LogP contribution in [0.3, 0.4) is 0 Å². The molecule has 2 N–H and O–H groups in total. The number of ether oxygens (including phenoxy) is 1. The highest BCUT2D eigenvalue weighted by Crippen LogP contribution is 2.15. The topological polar surface area (TPSA) is 61.0 Å². The van der Waals surface area contributed by atoms with Crippen molar-refractivity contribution in [2.45, 2.75) is 39.2 Å². The number of hydrogen-bond donors (Lipinski definition) is 1. The second-order valence-corrected chi connectivity index (χ2v) is 4.72. The lowest BCUT2D eigenvalue weighted by atomic mass is 10.1. The molecule has 0 aliphatic rings. The maximum Gasteiger partial charge on any atom is 0.293 e. The normalized spacial score (nSPS) is 11.7. The number of aromatic nitrogens is 2. The maximum absolute atomic E-state index is 5.78. The van der Waals surface area contributed by atoms with Crippen LogP contribution in [0.1, 0.15) is 33.0 Å². The molecule has 0 aromatic carbocycles. The van der Waals surface area contributed by atoms with Crippen molar-refractivity contribution >= 4 is 11.5 Å². The summed E-state index contributed by atoms with van der Waals surface area (Å²) in [6.45, 7) is 6.40. The Hall–Kier alpha value is -0.680. The van der Waals surface area contributed by atoms with Crippen molar-refractivity contribution in [2.24, 2.45) is 5.73 Å². The van der Waals surface area contributed by atoms with Crippen LogP contribution in [0.5, 0.6) is 5.19 Å². The first kappa shape index (κ1) is 11.4. The molecule has 0 saturated carbocycles. The van der Waals surface area contributed by atoms with Crippen LogP contribution in [0.4, 0.5) is 0 Å². The second-order valence-electron chi connectivity index (χ2n) is 4.00. The van der Waals surface area contributed by atoms with Gasteiger partial charge in [0, 0.05) is 23.5 Å². The second kappa shape index (κ2) is 4.70. The predicted octanol–water partition coefficient (Wildman–Crippen LogP) is 1.61. The summed E-state index contributed by atoms with van der Waals surface area (Å²) in [7, 11) is 0. The molecule has 0 aliphatic heterocycles. The number of nitrogens with two attached hydrogens (primary N) is 1. The Morgan fingerprint density at radius 3 is 2.79 bits per heavy atom. The summed E-state index contributed by atoms with van der Waals surface area (Å²) in [5.74, 6) is 0.863. The summed E-state index contributed by atoms with van der Waals surface area (Å²) < 4.78 is 9.59. The molecule has 1 aromatic heterocycles. The fraction of sp³-hybridized carbons (Fsp3) is 0.778. The lowest BCUT2D eigenvalue weighted by molar-refractivity contribution is 0.242. The van der Waals surface area contributed by atoms with Gasteiger partial charge in [-0.25, -0.2) is 0 Å². The molecule has 1 rings (SSSR count). The average molecular weight is 215 g/mol. The summed E-state index contributed by atoms with van der Waals surface area (Å²) in [5, 5.41) is 0.618. The molecule has 0 amide bonds. The van der Waals surface area contributed by atoms with Crippen molar-refractivity contribution in [3.63, 3.8) is 0 Å². The van der Waals surface area contributed by atoms with E-state index in [0.717, 1.165) is 18.7 Å². The Morgan fingerprint density at radius 1 is 1.50 bits per heavy atom. The average Bonchev–Trinajstić information content (AvgIpc) is 2.49. The lowest BCUT2D eigenvalue weighted by Gasteiger charge is -2.16. The number of aryl methyl sites for hydroxylation is 1. The largest absolute Gasteiger partial charge is 0.467 e. The van der Waals surface area contributed by atoms with E-state index in [4.69, 9.17) is 10.5 Å². The Kier molecular flexibility index (Phi) is 3.83. The van der Waals surface area contributed by atoms with Crippen molar-refractivity contribution < 1.29 is 4.74 Å². The van der Waals surface area contributed by atoms with Gasteiger partial charge < -0.3 is 10.5 Å². The van der Waals surface area contributed by atoms with Gasteiger partial charge in [-0.2, -0.15) is 9.36 Å².